The van der Waals surface area contributed by atoms with Crippen LogP contribution in [0.4, 0.5) is 11.5 Å². The van der Waals surface area contributed by atoms with Gasteiger partial charge in [0.15, 0.2) is 5.78 Å². The third-order valence-corrected chi connectivity index (χ3v) is 7.24. The van der Waals surface area contributed by atoms with Gasteiger partial charge in [-0.15, -0.1) is 0 Å². The predicted octanol–water partition coefficient (Wildman–Crippen LogP) is 5.32. The lowest BCUT2D eigenvalue weighted by Crippen LogP contribution is -2.39. The van der Waals surface area contributed by atoms with Gasteiger partial charge in [0.2, 0.25) is 5.91 Å². The van der Waals surface area contributed by atoms with Crippen molar-refractivity contribution in [3.8, 4) is 0 Å². The molecule has 0 aliphatic carbocycles. The number of ketones is 1. The van der Waals surface area contributed by atoms with Crippen LogP contribution < -0.4 is 10.2 Å². The molecule has 2 aromatic carbocycles. The Balaban J connectivity index is 1.53. The Kier molecular flexibility index (Phi) is 6.79. The summed E-state index contributed by atoms with van der Waals surface area (Å²) in [5.41, 5.74) is 2.82. The number of aromatic nitrogens is 1. The van der Waals surface area contributed by atoms with Gasteiger partial charge in [-0.05, 0) is 62.7 Å². The molecule has 3 heterocycles. The predicted molar refractivity (Wildman–Crippen MR) is 146 cm³/mol. The summed E-state index contributed by atoms with van der Waals surface area (Å²) in [6, 6.07) is 15.8. The van der Waals surface area contributed by atoms with Crippen LogP contribution in [0.2, 0.25) is 10.0 Å². The third-order valence-electron chi connectivity index (χ3n) is 6.63. The van der Waals surface area contributed by atoms with E-state index in [9.17, 15) is 9.59 Å². The van der Waals surface area contributed by atoms with Crippen molar-refractivity contribution in [2.24, 2.45) is 4.99 Å². The molecule has 7 nitrogen and oxygen atoms in total. The molecule has 37 heavy (non-hydrogen) atoms. The molecule has 2 aliphatic heterocycles. The first kappa shape index (κ1) is 25.4. The maximum Gasteiger partial charge on any atom is 0.249 e. The fraction of sp³-hybridized carbons (Fsp3) is 0.286. The highest BCUT2D eigenvalue weighted by Gasteiger charge is 2.42. The molecular weight excluding hydrogens is 511 g/mol. The molecule has 2 atom stereocenters. The zero-order valence-corrected chi connectivity index (χ0v) is 22.2. The minimum absolute atomic E-state index is 0.0183. The van der Waals surface area contributed by atoms with Crippen LogP contribution in [0, 0.1) is 0 Å². The number of amides is 1. The van der Waals surface area contributed by atoms with E-state index in [1.54, 1.807) is 30.5 Å². The molecule has 190 valence electrons. The Bertz CT molecular complexity index is 1400. The molecule has 1 amide bonds. The minimum atomic E-state index is -0.706. The van der Waals surface area contributed by atoms with E-state index in [0.717, 1.165) is 11.1 Å². The van der Waals surface area contributed by atoms with Crippen molar-refractivity contribution >= 4 is 52.1 Å². The number of anilines is 2. The van der Waals surface area contributed by atoms with Gasteiger partial charge in [-0.1, -0.05) is 41.4 Å². The van der Waals surface area contributed by atoms with Gasteiger partial charge < -0.3 is 15.0 Å². The van der Waals surface area contributed by atoms with E-state index in [0.29, 0.717) is 45.8 Å². The van der Waals surface area contributed by atoms with Gasteiger partial charge in [-0.3, -0.25) is 14.6 Å². The van der Waals surface area contributed by atoms with Gasteiger partial charge in [0.25, 0.3) is 0 Å². The molecule has 0 bridgehead atoms. The molecule has 3 aromatic rings. The molecule has 5 rings (SSSR count). The molecular formula is C28H26Cl2N4O3. The van der Waals surface area contributed by atoms with Crippen LogP contribution in [0.3, 0.4) is 0 Å². The largest absolute Gasteiger partial charge is 0.343 e. The van der Waals surface area contributed by atoms with Gasteiger partial charge in [-0.25, -0.2) is 4.98 Å². The fourth-order valence-electron chi connectivity index (χ4n) is 4.66. The zero-order valence-electron chi connectivity index (χ0n) is 20.7. The quantitative estimate of drug-likeness (QED) is 0.477. The van der Waals surface area contributed by atoms with E-state index >= 15 is 0 Å². The average molecular weight is 537 g/mol. The van der Waals surface area contributed by atoms with Gasteiger partial charge in [-0.2, -0.15) is 0 Å². The van der Waals surface area contributed by atoms with Crippen LogP contribution in [0.15, 0.2) is 65.8 Å². The van der Waals surface area contributed by atoms with Crippen LogP contribution in [0.25, 0.3) is 0 Å². The molecule has 1 N–H and O–H groups in total. The standard InChI is InChI=1S/C28H26Cl2N4O3/c1-16(35)24-15-34(28(2,3)37-24)25-11-8-18(14-31-25)26-20-13-19(29)9-10-22(20)33-27(36)23(32-26)12-17-6-4-5-7-21(17)30/h4-11,13-14,23-24H,12,15H2,1-3H3,(H,33,36). The van der Waals surface area contributed by atoms with Crippen molar-refractivity contribution in [1.82, 2.24) is 4.98 Å². The summed E-state index contributed by atoms with van der Waals surface area (Å²) in [6.07, 6.45) is 1.56. The number of benzodiazepines with no additional fused rings is 1. The van der Waals surface area contributed by atoms with E-state index in [-0.39, 0.29) is 11.7 Å². The number of carbonyl (C=O) groups is 2. The second-order valence-corrected chi connectivity index (χ2v) is 10.5. The monoisotopic (exact) mass is 536 g/mol. The SMILES string of the molecule is CC(=O)C1CN(c2ccc(C3=NC(Cc4ccccc4Cl)C(=O)Nc4ccc(Cl)cc43)cn2)C(C)(C)O1. The Hall–Kier alpha value is -3.26. The van der Waals surface area contributed by atoms with Crippen molar-refractivity contribution in [1.29, 1.82) is 0 Å². The van der Waals surface area contributed by atoms with Gasteiger partial charge >= 0.3 is 0 Å². The highest BCUT2D eigenvalue weighted by Crippen LogP contribution is 2.33. The van der Waals surface area contributed by atoms with Crippen molar-refractivity contribution in [2.45, 2.75) is 45.1 Å². The first-order valence-corrected chi connectivity index (χ1v) is 12.7. The second-order valence-electron chi connectivity index (χ2n) is 9.65. The molecule has 2 aliphatic rings. The number of pyridine rings is 1. The number of hydrogen-bond donors (Lipinski definition) is 1. The maximum absolute atomic E-state index is 13.2. The molecule has 1 aromatic heterocycles. The zero-order chi connectivity index (χ0) is 26.3. The number of benzene rings is 2. The van der Waals surface area contributed by atoms with Crippen LogP contribution in [0.5, 0.6) is 0 Å². The van der Waals surface area contributed by atoms with E-state index in [4.69, 9.17) is 32.9 Å². The summed E-state index contributed by atoms with van der Waals surface area (Å²) >= 11 is 12.7. The highest BCUT2D eigenvalue weighted by molar-refractivity contribution is 6.32. The average Bonchev–Trinajstić information content (AvgIpc) is 3.12. The number of aliphatic imine (C=N–C) groups is 1. The summed E-state index contributed by atoms with van der Waals surface area (Å²) in [7, 11) is 0. The number of hydrogen-bond acceptors (Lipinski definition) is 6. The summed E-state index contributed by atoms with van der Waals surface area (Å²) in [6.45, 7) is 5.78. The van der Waals surface area contributed by atoms with Crippen molar-refractivity contribution < 1.29 is 14.3 Å². The van der Waals surface area contributed by atoms with Gasteiger partial charge in [0.1, 0.15) is 23.7 Å². The Morgan fingerprint density at radius 1 is 1.16 bits per heavy atom. The number of fused-ring (bicyclic) bond motifs is 1. The Labute approximate surface area is 225 Å². The van der Waals surface area contributed by atoms with Crippen LogP contribution in [-0.2, 0) is 20.7 Å². The van der Waals surface area contributed by atoms with Crippen LogP contribution >= 0.6 is 23.2 Å². The van der Waals surface area contributed by atoms with Crippen LogP contribution in [0.1, 0.15) is 37.5 Å². The molecule has 9 heteroatoms. The maximum atomic E-state index is 13.2. The van der Waals surface area contributed by atoms with E-state index < -0.39 is 17.9 Å². The summed E-state index contributed by atoms with van der Waals surface area (Å²) in [4.78, 5) is 36.7. The number of halogens is 2. The minimum Gasteiger partial charge on any atom is -0.343 e. The Morgan fingerprint density at radius 3 is 2.62 bits per heavy atom. The lowest BCUT2D eigenvalue weighted by Gasteiger charge is -2.30. The van der Waals surface area contributed by atoms with Crippen LogP contribution in [-0.4, -0.2) is 46.8 Å². The molecule has 2 unspecified atom stereocenters. The second kappa shape index (κ2) is 9.89. The van der Waals surface area contributed by atoms with Crippen molar-refractivity contribution in [3.05, 3.63) is 87.5 Å². The number of rotatable bonds is 5. The smallest absolute Gasteiger partial charge is 0.249 e. The molecule has 0 radical (unpaired) electrons. The number of carbonyl (C=O) groups excluding carboxylic acids is 2. The van der Waals surface area contributed by atoms with E-state index in [1.807, 2.05) is 49.1 Å². The fourth-order valence-corrected chi connectivity index (χ4v) is 5.05. The van der Waals surface area contributed by atoms with Gasteiger partial charge in [0, 0.05) is 33.8 Å². The molecule has 1 fully saturated rings. The number of ether oxygens (including phenoxy) is 1. The summed E-state index contributed by atoms with van der Waals surface area (Å²) < 4.78 is 5.93. The lowest BCUT2D eigenvalue weighted by molar-refractivity contribution is -0.130. The van der Waals surface area contributed by atoms with E-state index in [1.165, 1.54) is 6.92 Å². The molecule has 1 saturated heterocycles. The summed E-state index contributed by atoms with van der Waals surface area (Å²) in [5.74, 6) is 0.435. The van der Waals surface area contributed by atoms with Crippen molar-refractivity contribution in [2.75, 3.05) is 16.8 Å². The number of nitrogens with zero attached hydrogens (tertiary/aromatic N) is 3. The summed E-state index contributed by atoms with van der Waals surface area (Å²) in [5, 5.41) is 4.10. The third kappa shape index (κ3) is 5.12. The van der Waals surface area contributed by atoms with E-state index in [2.05, 4.69) is 10.3 Å². The van der Waals surface area contributed by atoms with Gasteiger partial charge in [0.05, 0.1) is 17.9 Å². The Morgan fingerprint density at radius 2 is 1.95 bits per heavy atom. The molecule has 0 saturated carbocycles. The topological polar surface area (TPSA) is 83.9 Å². The first-order valence-electron chi connectivity index (χ1n) is 12.0. The normalized spacial score (nSPS) is 20.6. The van der Waals surface area contributed by atoms with Crippen molar-refractivity contribution in [3.63, 3.8) is 0 Å². The lowest BCUT2D eigenvalue weighted by atomic mass is 10.0. The first-order chi connectivity index (χ1) is 17.6. The molecule has 0 spiro atoms. The highest BCUT2D eigenvalue weighted by atomic mass is 35.5. The number of nitrogens with one attached hydrogen (secondary N) is 1. The number of Topliss-reactive ketones (excluding diaryl/α,β-unsaturated/α-hetero) is 1.